The minimum absolute atomic E-state index is 0.694. The molecule has 0 unspecified atom stereocenters. The first-order valence-electron chi connectivity index (χ1n) is 6.31. The van der Waals surface area contributed by atoms with Gasteiger partial charge in [0, 0.05) is 37.4 Å². The molecule has 0 radical (unpaired) electrons. The summed E-state index contributed by atoms with van der Waals surface area (Å²) in [5.41, 5.74) is 3.21. The van der Waals surface area contributed by atoms with Gasteiger partial charge in [-0.15, -0.1) is 0 Å². The van der Waals surface area contributed by atoms with Crippen molar-refractivity contribution in [3.63, 3.8) is 0 Å². The molecule has 1 aliphatic heterocycles. The van der Waals surface area contributed by atoms with Crippen molar-refractivity contribution in [3.8, 4) is 11.5 Å². The summed E-state index contributed by atoms with van der Waals surface area (Å²) in [6.45, 7) is 6.18. The summed E-state index contributed by atoms with van der Waals surface area (Å²) in [4.78, 5) is 6.72. The first-order chi connectivity index (χ1) is 8.83. The Labute approximate surface area is 107 Å². The zero-order chi connectivity index (χ0) is 12.4. The molecule has 0 aliphatic carbocycles. The van der Waals surface area contributed by atoms with E-state index in [9.17, 15) is 0 Å². The molecule has 1 aromatic heterocycles. The van der Waals surface area contributed by atoms with Gasteiger partial charge in [-0.1, -0.05) is 0 Å². The molecule has 0 saturated carbocycles. The van der Waals surface area contributed by atoms with Gasteiger partial charge >= 0.3 is 0 Å². The molecule has 4 nitrogen and oxygen atoms in total. The van der Waals surface area contributed by atoms with Crippen LogP contribution in [0.3, 0.4) is 0 Å². The van der Waals surface area contributed by atoms with E-state index in [1.54, 1.807) is 6.26 Å². The maximum Gasteiger partial charge on any atom is 0.226 e. The molecule has 18 heavy (non-hydrogen) atoms. The molecule has 0 bridgehead atoms. The average Bonchev–Trinajstić information content (AvgIpc) is 2.87. The van der Waals surface area contributed by atoms with Crippen molar-refractivity contribution < 1.29 is 4.42 Å². The number of rotatable bonds is 2. The Balaban J connectivity index is 1.80. The second-order valence-corrected chi connectivity index (χ2v) is 4.58. The van der Waals surface area contributed by atoms with Gasteiger partial charge in [0.1, 0.15) is 6.26 Å². The predicted molar refractivity (Wildman–Crippen MR) is 71.8 cm³/mol. The molecule has 2 aromatic rings. The van der Waals surface area contributed by atoms with Crippen LogP contribution in [0.25, 0.3) is 11.5 Å². The van der Waals surface area contributed by atoms with Crippen LogP contribution in [0.2, 0.25) is 0 Å². The maximum atomic E-state index is 5.40. The molecule has 1 N–H and O–H groups in total. The Morgan fingerprint density at radius 3 is 2.50 bits per heavy atom. The number of benzene rings is 1. The van der Waals surface area contributed by atoms with Crippen molar-refractivity contribution >= 4 is 5.69 Å². The minimum atomic E-state index is 0.694. The van der Waals surface area contributed by atoms with Gasteiger partial charge in [0.15, 0.2) is 0 Å². The fourth-order valence-electron chi connectivity index (χ4n) is 2.22. The van der Waals surface area contributed by atoms with Gasteiger partial charge in [0.25, 0.3) is 0 Å². The van der Waals surface area contributed by atoms with E-state index in [1.165, 1.54) is 5.69 Å². The number of piperazine rings is 1. The fraction of sp³-hybridized carbons (Fsp3) is 0.357. The standard InChI is InChI=1S/C14H17N3O/c1-11-10-18-14(16-11)12-2-4-13(5-3-12)17-8-6-15-7-9-17/h2-5,10,15H,6-9H2,1H3. The van der Waals surface area contributed by atoms with Gasteiger partial charge in [-0.2, -0.15) is 0 Å². The lowest BCUT2D eigenvalue weighted by Crippen LogP contribution is -2.43. The van der Waals surface area contributed by atoms with Crippen molar-refractivity contribution in [2.24, 2.45) is 0 Å². The molecule has 3 rings (SSSR count). The number of hydrogen-bond donors (Lipinski definition) is 1. The van der Waals surface area contributed by atoms with Crippen LogP contribution in [0, 0.1) is 6.92 Å². The average molecular weight is 243 g/mol. The lowest BCUT2D eigenvalue weighted by molar-refractivity contribution is 0.573. The Hall–Kier alpha value is -1.81. The van der Waals surface area contributed by atoms with Crippen LogP contribution in [0.4, 0.5) is 5.69 Å². The van der Waals surface area contributed by atoms with Gasteiger partial charge < -0.3 is 14.6 Å². The Morgan fingerprint density at radius 2 is 1.89 bits per heavy atom. The summed E-state index contributed by atoms with van der Waals surface area (Å²) in [7, 11) is 0. The van der Waals surface area contributed by atoms with Crippen LogP contribution < -0.4 is 10.2 Å². The van der Waals surface area contributed by atoms with Gasteiger partial charge in [0.05, 0.1) is 5.69 Å². The third-order valence-corrected chi connectivity index (χ3v) is 3.22. The van der Waals surface area contributed by atoms with E-state index in [4.69, 9.17) is 4.42 Å². The molecule has 0 atom stereocenters. The van der Waals surface area contributed by atoms with E-state index < -0.39 is 0 Å². The second kappa shape index (κ2) is 4.82. The Morgan fingerprint density at radius 1 is 1.17 bits per heavy atom. The lowest BCUT2D eigenvalue weighted by atomic mass is 10.2. The number of aryl methyl sites for hydroxylation is 1. The molecule has 1 saturated heterocycles. The van der Waals surface area contributed by atoms with Crippen LogP contribution in [0.1, 0.15) is 5.69 Å². The Kier molecular flexibility index (Phi) is 3.02. The zero-order valence-corrected chi connectivity index (χ0v) is 10.5. The molecule has 0 spiro atoms. The van der Waals surface area contributed by atoms with Crippen LogP contribution in [0.15, 0.2) is 34.9 Å². The van der Waals surface area contributed by atoms with Gasteiger partial charge in [-0.05, 0) is 31.2 Å². The highest BCUT2D eigenvalue weighted by Gasteiger charge is 2.11. The van der Waals surface area contributed by atoms with Crippen molar-refractivity contribution in [2.45, 2.75) is 6.92 Å². The molecule has 0 amide bonds. The SMILES string of the molecule is Cc1coc(-c2ccc(N3CCNCC3)cc2)n1. The van der Waals surface area contributed by atoms with Crippen molar-refractivity contribution in [1.29, 1.82) is 0 Å². The first-order valence-corrected chi connectivity index (χ1v) is 6.31. The van der Waals surface area contributed by atoms with E-state index in [2.05, 4.69) is 39.5 Å². The maximum absolute atomic E-state index is 5.40. The number of hydrogen-bond acceptors (Lipinski definition) is 4. The van der Waals surface area contributed by atoms with Crippen molar-refractivity contribution in [3.05, 3.63) is 36.2 Å². The highest BCUT2D eigenvalue weighted by Crippen LogP contribution is 2.22. The largest absolute Gasteiger partial charge is 0.444 e. The van der Waals surface area contributed by atoms with E-state index >= 15 is 0 Å². The summed E-state index contributed by atoms with van der Waals surface area (Å²) in [5.74, 6) is 0.694. The summed E-state index contributed by atoms with van der Waals surface area (Å²) < 4.78 is 5.40. The summed E-state index contributed by atoms with van der Waals surface area (Å²) >= 11 is 0. The minimum Gasteiger partial charge on any atom is -0.444 e. The monoisotopic (exact) mass is 243 g/mol. The molecule has 1 fully saturated rings. The highest BCUT2D eigenvalue weighted by molar-refractivity contribution is 5.59. The van der Waals surface area contributed by atoms with Crippen molar-refractivity contribution in [1.82, 2.24) is 10.3 Å². The van der Waals surface area contributed by atoms with E-state index in [-0.39, 0.29) is 0 Å². The lowest BCUT2D eigenvalue weighted by Gasteiger charge is -2.29. The second-order valence-electron chi connectivity index (χ2n) is 4.58. The molecule has 1 aromatic carbocycles. The molecular formula is C14H17N3O. The topological polar surface area (TPSA) is 41.3 Å². The fourth-order valence-corrected chi connectivity index (χ4v) is 2.22. The number of aromatic nitrogens is 1. The third-order valence-electron chi connectivity index (χ3n) is 3.22. The predicted octanol–water partition coefficient (Wildman–Crippen LogP) is 2.06. The van der Waals surface area contributed by atoms with Crippen LogP contribution >= 0.6 is 0 Å². The highest BCUT2D eigenvalue weighted by atomic mass is 16.3. The number of nitrogens with zero attached hydrogens (tertiary/aromatic N) is 2. The summed E-state index contributed by atoms with van der Waals surface area (Å²) in [5, 5.41) is 3.36. The number of nitrogens with one attached hydrogen (secondary N) is 1. The van der Waals surface area contributed by atoms with Gasteiger partial charge in [-0.3, -0.25) is 0 Å². The van der Waals surface area contributed by atoms with Gasteiger partial charge in [-0.25, -0.2) is 4.98 Å². The zero-order valence-electron chi connectivity index (χ0n) is 10.5. The van der Waals surface area contributed by atoms with Crippen LogP contribution in [-0.4, -0.2) is 31.2 Å². The summed E-state index contributed by atoms with van der Waals surface area (Å²) in [6.07, 6.45) is 1.68. The number of oxazole rings is 1. The summed E-state index contributed by atoms with van der Waals surface area (Å²) in [6, 6.07) is 8.42. The molecule has 1 aliphatic rings. The Bertz CT molecular complexity index is 512. The van der Waals surface area contributed by atoms with Crippen molar-refractivity contribution in [2.75, 3.05) is 31.1 Å². The molecule has 2 heterocycles. The molecular weight excluding hydrogens is 226 g/mol. The molecule has 4 heteroatoms. The third kappa shape index (κ3) is 2.24. The normalized spacial score (nSPS) is 15.9. The smallest absolute Gasteiger partial charge is 0.226 e. The van der Waals surface area contributed by atoms with Crippen LogP contribution in [0.5, 0.6) is 0 Å². The van der Waals surface area contributed by atoms with Gasteiger partial charge in [0.2, 0.25) is 5.89 Å². The van der Waals surface area contributed by atoms with E-state index in [0.29, 0.717) is 5.89 Å². The van der Waals surface area contributed by atoms with Crippen LogP contribution in [-0.2, 0) is 0 Å². The quantitative estimate of drug-likeness (QED) is 0.876. The first kappa shape index (κ1) is 11.3. The van der Waals surface area contributed by atoms with E-state index in [0.717, 1.165) is 37.4 Å². The number of anilines is 1. The van der Waals surface area contributed by atoms with E-state index in [1.807, 2.05) is 6.92 Å². The molecule has 94 valence electrons.